The Labute approximate surface area is 146 Å². The van der Waals surface area contributed by atoms with Crippen molar-refractivity contribution in [1.29, 1.82) is 5.41 Å². The largest absolute Gasteiger partial charge is 0.278 e. The third kappa shape index (κ3) is 3.01. The van der Waals surface area contributed by atoms with Gasteiger partial charge >= 0.3 is 0 Å². The highest BCUT2D eigenvalue weighted by Crippen LogP contribution is 2.34. The van der Waals surface area contributed by atoms with Gasteiger partial charge in [0.15, 0.2) is 10.3 Å². The number of hydrogen-bond acceptors (Lipinski definition) is 5. The second-order valence-corrected chi connectivity index (χ2v) is 8.03. The number of amides is 1. The topological polar surface area (TPSA) is 57.1 Å². The number of carbonyl (C=O) groups is 1. The Morgan fingerprint density at radius 1 is 1.41 bits per heavy atom. The number of nitrogens with one attached hydrogen (secondary N) is 1. The van der Waals surface area contributed by atoms with Gasteiger partial charge in [0, 0.05) is 27.5 Å². The minimum atomic E-state index is -0.234. The number of hydrogen-bond donors (Lipinski definition) is 1. The summed E-state index contributed by atoms with van der Waals surface area (Å²) in [7, 11) is 0. The number of rotatable bonds is 3. The maximum atomic E-state index is 12.1. The minimum absolute atomic E-state index is 0.100. The molecule has 0 aliphatic carbocycles. The molecule has 3 rings (SSSR count). The number of amidine groups is 1. The Bertz CT molecular complexity index is 762. The first-order chi connectivity index (χ1) is 10.5. The van der Waals surface area contributed by atoms with E-state index in [9.17, 15) is 4.79 Å². The maximum Gasteiger partial charge on any atom is 0.248 e. The number of anilines is 1. The van der Waals surface area contributed by atoms with E-state index in [1.807, 2.05) is 6.07 Å². The van der Waals surface area contributed by atoms with Gasteiger partial charge in [-0.1, -0.05) is 35.0 Å². The predicted molar refractivity (Wildman–Crippen MR) is 93.6 cm³/mol. The average molecular weight is 372 g/mol. The van der Waals surface area contributed by atoms with Crippen LogP contribution in [-0.4, -0.2) is 21.3 Å². The van der Waals surface area contributed by atoms with Crippen molar-refractivity contribution in [3.8, 4) is 0 Å². The molecule has 1 aromatic carbocycles. The van der Waals surface area contributed by atoms with E-state index in [1.54, 1.807) is 25.3 Å². The Morgan fingerprint density at radius 3 is 2.86 bits per heavy atom. The van der Waals surface area contributed by atoms with E-state index in [0.29, 0.717) is 21.6 Å². The van der Waals surface area contributed by atoms with E-state index in [2.05, 4.69) is 4.98 Å². The van der Waals surface area contributed by atoms with Crippen LogP contribution >= 0.6 is 46.3 Å². The first-order valence-corrected chi connectivity index (χ1v) is 8.88. The lowest BCUT2D eigenvalue weighted by Gasteiger charge is -2.10. The molecule has 0 spiro atoms. The number of benzene rings is 1. The molecule has 0 radical (unpaired) electrons. The third-order valence-electron chi connectivity index (χ3n) is 3.16. The molecule has 4 nitrogen and oxygen atoms in total. The molecule has 1 aromatic heterocycles. The normalized spacial score (nSPS) is 18.3. The second-order valence-electron chi connectivity index (χ2n) is 4.76. The van der Waals surface area contributed by atoms with Gasteiger partial charge in [0.2, 0.25) is 5.91 Å². The van der Waals surface area contributed by atoms with Crippen LogP contribution in [0.25, 0.3) is 0 Å². The van der Waals surface area contributed by atoms with Crippen molar-refractivity contribution in [2.45, 2.75) is 18.6 Å². The zero-order valence-corrected chi connectivity index (χ0v) is 14.6. The molecule has 1 aliphatic heterocycles. The molecule has 1 amide bonds. The minimum Gasteiger partial charge on any atom is -0.278 e. The van der Waals surface area contributed by atoms with Crippen LogP contribution in [-0.2, 0) is 11.2 Å². The lowest BCUT2D eigenvalue weighted by Crippen LogP contribution is -2.30. The molecule has 2 aromatic rings. The van der Waals surface area contributed by atoms with E-state index in [-0.39, 0.29) is 16.3 Å². The maximum absolute atomic E-state index is 12.1. The van der Waals surface area contributed by atoms with Crippen LogP contribution in [0, 0.1) is 5.41 Å². The quantitative estimate of drug-likeness (QED) is 0.866. The fourth-order valence-electron chi connectivity index (χ4n) is 2.08. The fraction of sp³-hybridized carbons (Fsp3) is 0.214. The molecular weight excluding hydrogens is 361 g/mol. The smallest absolute Gasteiger partial charge is 0.248 e. The van der Waals surface area contributed by atoms with Crippen molar-refractivity contribution in [3.63, 3.8) is 0 Å². The Morgan fingerprint density at radius 2 is 2.18 bits per heavy atom. The van der Waals surface area contributed by atoms with Gasteiger partial charge in [0.05, 0.1) is 5.25 Å². The van der Waals surface area contributed by atoms with E-state index in [4.69, 9.17) is 28.6 Å². The van der Waals surface area contributed by atoms with E-state index in [0.717, 1.165) is 10.4 Å². The Hall–Kier alpha value is -1.08. The monoisotopic (exact) mass is 371 g/mol. The molecule has 1 N–H and O–H groups in total. The Balaban J connectivity index is 1.84. The van der Waals surface area contributed by atoms with Crippen LogP contribution in [0.5, 0.6) is 0 Å². The number of thioether (sulfide) groups is 1. The van der Waals surface area contributed by atoms with Gasteiger partial charge in [-0.3, -0.25) is 10.2 Å². The second kappa shape index (κ2) is 6.20. The molecule has 2 heterocycles. The summed E-state index contributed by atoms with van der Waals surface area (Å²) >= 11 is 14.8. The van der Waals surface area contributed by atoms with Crippen LogP contribution in [0.3, 0.4) is 0 Å². The number of thiazole rings is 1. The zero-order chi connectivity index (χ0) is 15.9. The molecule has 1 unspecified atom stereocenters. The average Bonchev–Trinajstić information content (AvgIpc) is 3.00. The van der Waals surface area contributed by atoms with Gasteiger partial charge in [0.1, 0.15) is 0 Å². The third-order valence-corrected chi connectivity index (χ3v) is 5.71. The summed E-state index contributed by atoms with van der Waals surface area (Å²) in [6.45, 7) is 1.79. The summed E-state index contributed by atoms with van der Waals surface area (Å²) in [6.07, 6.45) is 2.31. The zero-order valence-electron chi connectivity index (χ0n) is 11.5. The van der Waals surface area contributed by atoms with Gasteiger partial charge < -0.3 is 0 Å². The van der Waals surface area contributed by atoms with Crippen molar-refractivity contribution >= 4 is 62.5 Å². The molecule has 1 atom stereocenters. The summed E-state index contributed by atoms with van der Waals surface area (Å²) in [6, 6.07) is 5.33. The van der Waals surface area contributed by atoms with E-state index < -0.39 is 0 Å². The van der Waals surface area contributed by atoms with Crippen LogP contribution in [0.15, 0.2) is 24.4 Å². The van der Waals surface area contributed by atoms with Crippen molar-refractivity contribution in [1.82, 2.24) is 4.98 Å². The number of carbonyl (C=O) groups excluding carboxylic acids is 1. The van der Waals surface area contributed by atoms with Gasteiger partial charge in [-0.05, 0) is 30.7 Å². The van der Waals surface area contributed by atoms with Gasteiger partial charge in [-0.2, -0.15) is 0 Å². The van der Waals surface area contributed by atoms with Crippen LogP contribution in [0.4, 0.5) is 5.13 Å². The molecule has 1 saturated heterocycles. The van der Waals surface area contributed by atoms with Crippen molar-refractivity contribution < 1.29 is 4.79 Å². The lowest BCUT2D eigenvalue weighted by atomic mass is 10.1. The highest BCUT2D eigenvalue weighted by Gasteiger charge is 2.36. The number of halogens is 2. The predicted octanol–water partition coefficient (Wildman–Crippen LogP) is 4.44. The molecule has 0 bridgehead atoms. The van der Waals surface area contributed by atoms with Gasteiger partial charge in [0.25, 0.3) is 0 Å². The number of nitrogens with zero attached hydrogens (tertiary/aromatic N) is 2. The molecule has 114 valence electrons. The first-order valence-electron chi connectivity index (χ1n) is 6.43. The summed E-state index contributed by atoms with van der Waals surface area (Å²) in [4.78, 5) is 18.7. The summed E-state index contributed by atoms with van der Waals surface area (Å²) in [5, 5.41) is 9.69. The van der Waals surface area contributed by atoms with E-state index >= 15 is 0 Å². The summed E-state index contributed by atoms with van der Waals surface area (Å²) < 4.78 is 0. The molecule has 1 fully saturated rings. The van der Waals surface area contributed by atoms with Gasteiger partial charge in [-0.15, -0.1) is 11.3 Å². The van der Waals surface area contributed by atoms with Crippen LogP contribution in [0.2, 0.25) is 10.0 Å². The molecule has 22 heavy (non-hydrogen) atoms. The lowest BCUT2D eigenvalue weighted by molar-refractivity contribution is -0.116. The van der Waals surface area contributed by atoms with Crippen molar-refractivity contribution in [3.05, 3.63) is 44.9 Å². The number of aromatic nitrogens is 1. The van der Waals surface area contributed by atoms with Crippen LogP contribution in [0.1, 0.15) is 17.4 Å². The molecule has 0 saturated carbocycles. The highest BCUT2D eigenvalue weighted by molar-refractivity contribution is 8.16. The molecule has 8 heteroatoms. The van der Waals surface area contributed by atoms with Crippen molar-refractivity contribution in [2.24, 2.45) is 0 Å². The Kier molecular flexibility index (Phi) is 4.45. The van der Waals surface area contributed by atoms with Gasteiger partial charge in [-0.25, -0.2) is 9.88 Å². The summed E-state index contributed by atoms with van der Waals surface area (Å²) in [5.41, 5.74) is 0.912. The fourth-order valence-corrected chi connectivity index (χ4v) is 4.29. The highest BCUT2D eigenvalue weighted by atomic mass is 35.5. The van der Waals surface area contributed by atoms with Crippen LogP contribution < -0.4 is 4.90 Å². The standard InChI is InChI=1S/C14H11Cl2N3OS2/c1-7-12(20)19(13(17)21-7)14-18-6-10(22-14)5-8-4-9(15)2-3-11(8)16/h2-4,6-7,17H,5H2,1H3. The molecular formula is C14H11Cl2N3OS2. The summed E-state index contributed by atoms with van der Waals surface area (Å²) in [5.74, 6) is -0.100. The SMILES string of the molecule is CC1SC(=N)N(c2ncc(Cc3cc(Cl)ccc3Cl)s2)C1=O. The molecule has 1 aliphatic rings. The first kappa shape index (κ1) is 15.8. The van der Waals surface area contributed by atoms with Crippen molar-refractivity contribution in [2.75, 3.05) is 4.90 Å². The van der Waals surface area contributed by atoms with E-state index in [1.165, 1.54) is 28.0 Å².